The Morgan fingerprint density at radius 3 is 3.00 bits per heavy atom. The monoisotopic (exact) mass is 202 g/mol. The second kappa shape index (κ2) is 4.98. The number of aromatic amines is 1. The summed E-state index contributed by atoms with van der Waals surface area (Å²) < 4.78 is 4.81. The van der Waals surface area contributed by atoms with Crippen molar-refractivity contribution in [1.82, 2.24) is 15.5 Å². The molecule has 0 atom stereocenters. The molecule has 0 bridgehead atoms. The van der Waals surface area contributed by atoms with Gasteiger partial charge >= 0.3 is 4.84 Å². The quantitative estimate of drug-likeness (QED) is 0.546. The summed E-state index contributed by atoms with van der Waals surface area (Å²) in [5.41, 5.74) is 0. The van der Waals surface area contributed by atoms with E-state index in [1.807, 2.05) is 19.0 Å². The van der Waals surface area contributed by atoms with Gasteiger partial charge in [-0.3, -0.25) is 0 Å². The SMILES string of the molecule is CNCCCN(C)c1nc(=S)o[nH]1. The molecule has 0 spiro atoms. The highest BCUT2D eigenvalue weighted by molar-refractivity contribution is 7.71. The topological polar surface area (TPSA) is 57.1 Å². The summed E-state index contributed by atoms with van der Waals surface area (Å²) in [4.78, 5) is 6.20. The molecule has 0 fully saturated rings. The van der Waals surface area contributed by atoms with Crippen LogP contribution in [0.4, 0.5) is 5.95 Å². The smallest absolute Gasteiger partial charge is 0.315 e. The van der Waals surface area contributed by atoms with Crippen LogP contribution in [-0.4, -0.2) is 37.3 Å². The van der Waals surface area contributed by atoms with Gasteiger partial charge in [0.2, 0.25) is 5.95 Å². The van der Waals surface area contributed by atoms with Crippen LogP contribution >= 0.6 is 12.2 Å². The van der Waals surface area contributed by atoms with E-state index >= 15 is 0 Å². The van der Waals surface area contributed by atoms with Crippen LogP contribution in [0.5, 0.6) is 0 Å². The molecule has 2 N–H and O–H groups in total. The van der Waals surface area contributed by atoms with Gasteiger partial charge in [-0.15, -0.1) is 0 Å². The third-order valence-corrected chi connectivity index (χ3v) is 1.88. The van der Waals surface area contributed by atoms with E-state index in [1.54, 1.807) is 0 Å². The number of anilines is 1. The van der Waals surface area contributed by atoms with E-state index in [2.05, 4.69) is 15.5 Å². The molecule has 0 aliphatic rings. The second-order valence-electron chi connectivity index (χ2n) is 2.78. The number of H-pyrrole nitrogens is 1. The summed E-state index contributed by atoms with van der Waals surface area (Å²) in [6.07, 6.45) is 1.06. The van der Waals surface area contributed by atoms with E-state index in [9.17, 15) is 0 Å². The summed E-state index contributed by atoms with van der Waals surface area (Å²) >= 11 is 4.74. The molecule has 74 valence electrons. The molecular weight excluding hydrogens is 188 g/mol. The van der Waals surface area contributed by atoms with Gasteiger partial charge < -0.3 is 14.7 Å². The van der Waals surface area contributed by atoms with E-state index in [1.165, 1.54) is 0 Å². The number of hydrogen-bond donors (Lipinski definition) is 2. The third kappa shape index (κ3) is 3.16. The highest BCUT2D eigenvalue weighted by Gasteiger charge is 2.03. The Morgan fingerprint density at radius 2 is 2.46 bits per heavy atom. The second-order valence-corrected chi connectivity index (χ2v) is 3.13. The van der Waals surface area contributed by atoms with Gasteiger partial charge in [0, 0.05) is 13.6 Å². The van der Waals surface area contributed by atoms with Crippen molar-refractivity contribution >= 4 is 18.2 Å². The van der Waals surface area contributed by atoms with Crippen molar-refractivity contribution < 1.29 is 4.52 Å². The number of nitrogens with zero attached hydrogens (tertiary/aromatic N) is 2. The normalized spacial score (nSPS) is 10.3. The summed E-state index contributed by atoms with van der Waals surface area (Å²) in [5.74, 6) is 0.682. The molecule has 13 heavy (non-hydrogen) atoms. The Labute approximate surface area is 82.1 Å². The summed E-state index contributed by atoms with van der Waals surface area (Å²) in [7, 11) is 3.88. The Morgan fingerprint density at radius 1 is 1.69 bits per heavy atom. The lowest BCUT2D eigenvalue weighted by Gasteiger charge is -2.13. The Balaban J connectivity index is 2.39. The molecule has 0 aromatic carbocycles. The Hall–Kier alpha value is -0.880. The van der Waals surface area contributed by atoms with Gasteiger partial charge in [0.25, 0.3) is 0 Å². The predicted molar refractivity (Wildman–Crippen MR) is 53.5 cm³/mol. The van der Waals surface area contributed by atoms with Crippen LogP contribution in [0.3, 0.4) is 0 Å². The Kier molecular flexibility index (Phi) is 3.91. The van der Waals surface area contributed by atoms with Gasteiger partial charge in [0.05, 0.1) is 0 Å². The first-order valence-electron chi connectivity index (χ1n) is 4.15. The first-order chi connectivity index (χ1) is 6.24. The van der Waals surface area contributed by atoms with Gasteiger partial charge in [0.15, 0.2) is 0 Å². The largest absolute Gasteiger partial charge is 0.346 e. The first kappa shape index (κ1) is 10.2. The van der Waals surface area contributed by atoms with Crippen LogP contribution in [0.15, 0.2) is 4.52 Å². The molecule has 0 saturated heterocycles. The number of nitrogens with one attached hydrogen (secondary N) is 2. The zero-order valence-corrected chi connectivity index (χ0v) is 8.65. The maximum Gasteiger partial charge on any atom is 0.315 e. The number of rotatable bonds is 5. The van der Waals surface area contributed by atoms with E-state index in [4.69, 9.17) is 16.7 Å². The molecule has 0 radical (unpaired) electrons. The van der Waals surface area contributed by atoms with Crippen molar-refractivity contribution in [3.8, 4) is 0 Å². The van der Waals surface area contributed by atoms with Crippen molar-refractivity contribution in [3.63, 3.8) is 0 Å². The molecule has 6 heteroatoms. The zero-order valence-electron chi connectivity index (χ0n) is 7.83. The van der Waals surface area contributed by atoms with Crippen molar-refractivity contribution in [1.29, 1.82) is 0 Å². The average molecular weight is 202 g/mol. The van der Waals surface area contributed by atoms with Crippen LogP contribution in [0.25, 0.3) is 0 Å². The lowest BCUT2D eigenvalue weighted by atomic mass is 10.4. The van der Waals surface area contributed by atoms with Gasteiger partial charge in [-0.2, -0.15) is 10.1 Å². The summed E-state index contributed by atoms with van der Waals surface area (Å²) in [6.45, 7) is 1.90. The van der Waals surface area contributed by atoms with Gasteiger partial charge in [-0.05, 0) is 32.2 Å². The van der Waals surface area contributed by atoms with E-state index in [0.29, 0.717) is 5.95 Å². The molecule has 5 nitrogen and oxygen atoms in total. The van der Waals surface area contributed by atoms with Crippen LogP contribution in [0.1, 0.15) is 6.42 Å². The number of aromatic nitrogens is 2. The highest BCUT2D eigenvalue weighted by atomic mass is 32.1. The Bertz CT molecular complexity index is 295. The minimum atomic E-state index is 0.246. The molecule has 1 rings (SSSR count). The van der Waals surface area contributed by atoms with Gasteiger partial charge in [-0.25, -0.2) is 0 Å². The molecule has 1 aromatic rings. The first-order valence-corrected chi connectivity index (χ1v) is 4.56. The van der Waals surface area contributed by atoms with Crippen molar-refractivity contribution in [3.05, 3.63) is 4.84 Å². The van der Waals surface area contributed by atoms with E-state index in [-0.39, 0.29) is 4.84 Å². The third-order valence-electron chi connectivity index (χ3n) is 1.71. The van der Waals surface area contributed by atoms with Crippen molar-refractivity contribution in [2.75, 3.05) is 32.1 Å². The van der Waals surface area contributed by atoms with Crippen LogP contribution < -0.4 is 10.2 Å². The lowest BCUT2D eigenvalue weighted by Crippen LogP contribution is -2.23. The fraction of sp³-hybridized carbons (Fsp3) is 0.714. The predicted octanol–water partition coefficient (Wildman–Crippen LogP) is 0.778. The molecule has 0 amide bonds. The molecule has 1 aromatic heterocycles. The van der Waals surface area contributed by atoms with Crippen molar-refractivity contribution in [2.24, 2.45) is 0 Å². The fourth-order valence-corrected chi connectivity index (χ4v) is 1.11. The molecule has 0 aliphatic heterocycles. The maximum absolute atomic E-state index is 4.81. The minimum Gasteiger partial charge on any atom is -0.346 e. The minimum absolute atomic E-state index is 0.246. The lowest BCUT2D eigenvalue weighted by molar-refractivity contribution is 0.404. The van der Waals surface area contributed by atoms with E-state index in [0.717, 1.165) is 19.5 Å². The zero-order chi connectivity index (χ0) is 9.68. The van der Waals surface area contributed by atoms with Gasteiger partial charge in [-0.1, -0.05) is 0 Å². The average Bonchev–Trinajstić information content (AvgIpc) is 2.52. The molecule has 0 aliphatic carbocycles. The highest BCUT2D eigenvalue weighted by Crippen LogP contribution is 2.03. The number of hydrogen-bond acceptors (Lipinski definition) is 5. The van der Waals surface area contributed by atoms with Crippen LogP contribution in [0, 0.1) is 4.84 Å². The maximum atomic E-state index is 4.81. The summed E-state index contributed by atoms with van der Waals surface area (Å²) in [6, 6.07) is 0. The molecule has 1 heterocycles. The molecular formula is C7H14N4OS. The van der Waals surface area contributed by atoms with Crippen LogP contribution in [0.2, 0.25) is 0 Å². The molecule has 0 saturated carbocycles. The van der Waals surface area contributed by atoms with Gasteiger partial charge in [0.1, 0.15) is 0 Å². The van der Waals surface area contributed by atoms with Crippen molar-refractivity contribution in [2.45, 2.75) is 6.42 Å². The summed E-state index contributed by atoms with van der Waals surface area (Å²) in [5, 5.41) is 5.73. The molecule has 0 unspecified atom stereocenters. The standard InChI is InChI=1S/C7H14N4OS/c1-8-4-3-5-11(2)6-9-7(13)12-10-6/h8H,3-5H2,1-2H3,(H,9,10,13). The fourth-order valence-electron chi connectivity index (χ4n) is 0.984. The van der Waals surface area contributed by atoms with E-state index < -0.39 is 0 Å². The van der Waals surface area contributed by atoms with Crippen LogP contribution in [-0.2, 0) is 0 Å².